The molecule has 0 radical (unpaired) electrons. The predicted octanol–water partition coefficient (Wildman–Crippen LogP) is 13.5. The maximum atomic E-state index is 2.50. The molecule has 0 atom stereocenters. The minimum absolute atomic E-state index is 0.0982. The predicted molar refractivity (Wildman–Crippen MR) is 220 cm³/mol. The molecule has 3 aliphatic rings. The second kappa shape index (κ2) is 11.0. The number of hydrogen-bond donors (Lipinski definition) is 0. The van der Waals surface area contributed by atoms with Gasteiger partial charge in [0, 0.05) is 22.5 Å². The zero-order valence-corrected chi connectivity index (χ0v) is 29.8. The van der Waals surface area contributed by atoms with Gasteiger partial charge in [-0.3, -0.25) is 0 Å². The van der Waals surface area contributed by atoms with Crippen LogP contribution in [0.3, 0.4) is 0 Å². The Morgan fingerprint density at radius 2 is 0.792 bits per heavy atom. The fourth-order valence-electron chi connectivity index (χ4n) is 10.0. The third-order valence-corrected chi connectivity index (χ3v) is 12.3. The van der Waals surface area contributed by atoms with E-state index in [1.807, 2.05) is 0 Å². The molecule has 53 heavy (non-hydrogen) atoms. The number of rotatable bonds is 4. The first kappa shape index (κ1) is 30.2. The van der Waals surface area contributed by atoms with Gasteiger partial charge in [-0.1, -0.05) is 166 Å². The molecule has 0 bridgehead atoms. The van der Waals surface area contributed by atoms with Gasteiger partial charge in [-0.2, -0.15) is 0 Å². The zero-order chi connectivity index (χ0) is 35.3. The van der Waals surface area contributed by atoms with Crippen molar-refractivity contribution in [3.63, 3.8) is 0 Å². The third kappa shape index (κ3) is 4.02. The van der Waals surface area contributed by atoms with Crippen LogP contribution in [0.15, 0.2) is 188 Å². The Balaban J connectivity index is 1.19. The summed E-state index contributed by atoms with van der Waals surface area (Å²) in [5.41, 5.74) is 21.5. The first-order valence-electron chi connectivity index (χ1n) is 18.7. The fourth-order valence-corrected chi connectivity index (χ4v) is 10.0. The second-order valence-electron chi connectivity index (χ2n) is 15.2. The maximum absolute atomic E-state index is 2.50. The zero-order valence-electron chi connectivity index (χ0n) is 29.8. The summed E-state index contributed by atoms with van der Waals surface area (Å²) < 4.78 is 0. The number of anilines is 3. The average Bonchev–Trinajstić information content (AvgIpc) is 3.77. The van der Waals surface area contributed by atoms with E-state index in [2.05, 4.69) is 207 Å². The van der Waals surface area contributed by atoms with Gasteiger partial charge in [0.2, 0.25) is 0 Å². The van der Waals surface area contributed by atoms with Crippen molar-refractivity contribution >= 4 is 17.1 Å². The lowest BCUT2D eigenvalue weighted by molar-refractivity contribution is 0.660. The first-order chi connectivity index (χ1) is 26.1. The van der Waals surface area contributed by atoms with Gasteiger partial charge in [0.25, 0.3) is 0 Å². The van der Waals surface area contributed by atoms with Gasteiger partial charge < -0.3 is 4.90 Å². The maximum Gasteiger partial charge on any atom is 0.0726 e. The standard InChI is InChI=1S/C52H37N/c1-51(2)44-24-12-9-20-39(44)42-30-28-36(32-48(42)51)53(35-18-7-4-8-19-35)37-29-31-43-49(33-37)52(45-25-13-10-21-40(45)41-22-11-14-26-46(41)52)47-27-15-23-38(50(43)47)34-16-5-3-6-17-34/h3-33H,1-2H3. The number of hydrogen-bond acceptors (Lipinski definition) is 1. The van der Waals surface area contributed by atoms with Crippen LogP contribution >= 0.6 is 0 Å². The van der Waals surface area contributed by atoms with Gasteiger partial charge >= 0.3 is 0 Å². The van der Waals surface area contributed by atoms with Gasteiger partial charge in [-0.15, -0.1) is 0 Å². The van der Waals surface area contributed by atoms with Gasteiger partial charge in [-0.05, 0) is 114 Å². The van der Waals surface area contributed by atoms with E-state index in [-0.39, 0.29) is 5.41 Å². The van der Waals surface area contributed by atoms with Crippen LogP contribution in [0.5, 0.6) is 0 Å². The molecule has 0 aliphatic heterocycles. The van der Waals surface area contributed by atoms with Gasteiger partial charge in [0.1, 0.15) is 0 Å². The van der Waals surface area contributed by atoms with E-state index >= 15 is 0 Å². The van der Waals surface area contributed by atoms with Crippen molar-refractivity contribution in [2.24, 2.45) is 0 Å². The van der Waals surface area contributed by atoms with Crippen LogP contribution in [-0.2, 0) is 10.8 Å². The van der Waals surface area contributed by atoms with Gasteiger partial charge in [0.15, 0.2) is 0 Å². The highest BCUT2D eigenvalue weighted by atomic mass is 15.1. The highest BCUT2D eigenvalue weighted by Gasteiger charge is 2.52. The summed E-state index contributed by atoms with van der Waals surface area (Å²) in [7, 11) is 0. The number of para-hydroxylation sites is 1. The molecular formula is C52H37N. The van der Waals surface area contributed by atoms with E-state index in [0.29, 0.717) is 0 Å². The Hall–Kier alpha value is -6.44. The molecule has 0 aromatic heterocycles. The molecule has 3 aliphatic carbocycles. The van der Waals surface area contributed by atoms with E-state index in [9.17, 15) is 0 Å². The monoisotopic (exact) mass is 675 g/mol. The molecule has 1 spiro atoms. The van der Waals surface area contributed by atoms with E-state index in [0.717, 1.165) is 17.1 Å². The van der Waals surface area contributed by atoms with Crippen molar-refractivity contribution in [1.29, 1.82) is 0 Å². The summed E-state index contributed by atoms with van der Waals surface area (Å²) in [6, 6.07) is 70.1. The van der Waals surface area contributed by atoms with Crippen LogP contribution in [0.1, 0.15) is 47.2 Å². The Morgan fingerprint density at radius 1 is 0.321 bits per heavy atom. The molecule has 0 saturated heterocycles. The Bertz CT molecular complexity index is 2710. The Labute approximate surface area is 311 Å². The van der Waals surface area contributed by atoms with Gasteiger partial charge in [-0.25, -0.2) is 0 Å². The molecule has 1 nitrogen and oxygen atoms in total. The second-order valence-corrected chi connectivity index (χ2v) is 15.2. The van der Waals surface area contributed by atoms with Crippen molar-refractivity contribution in [2.45, 2.75) is 24.7 Å². The smallest absolute Gasteiger partial charge is 0.0726 e. The molecule has 250 valence electrons. The fraction of sp³-hybridized carbons (Fsp3) is 0.0769. The van der Waals surface area contributed by atoms with Crippen LogP contribution in [0, 0.1) is 0 Å². The molecule has 0 unspecified atom stereocenters. The van der Waals surface area contributed by atoms with Crippen LogP contribution in [0.2, 0.25) is 0 Å². The molecule has 0 heterocycles. The lowest BCUT2D eigenvalue weighted by Gasteiger charge is -2.32. The quantitative estimate of drug-likeness (QED) is 0.179. The topological polar surface area (TPSA) is 3.24 Å². The average molecular weight is 676 g/mol. The van der Waals surface area contributed by atoms with E-state index in [4.69, 9.17) is 0 Å². The summed E-state index contributed by atoms with van der Waals surface area (Å²) in [4.78, 5) is 2.46. The Morgan fingerprint density at radius 3 is 1.45 bits per heavy atom. The highest BCUT2D eigenvalue weighted by molar-refractivity contribution is 6.01. The minimum Gasteiger partial charge on any atom is -0.310 e. The number of fused-ring (bicyclic) bond motifs is 13. The summed E-state index contributed by atoms with van der Waals surface area (Å²) in [5.74, 6) is 0. The third-order valence-electron chi connectivity index (χ3n) is 12.3. The van der Waals surface area contributed by atoms with Crippen molar-refractivity contribution in [1.82, 2.24) is 0 Å². The molecule has 1 heteroatoms. The Kier molecular flexibility index (Phi) is 6.29. The summed E-state index contributed by atoms with van der Waals surface area (Å²) in [6.07, 6.45) is 0. The van der Waals surface area contributed by atoms with Crippen molar-refractivity contribution in [3.8, 4) is 44.5 Å². The lowest BCUT2D eigenvalue weighted by Crippen LogP contribution is -2.26. The molecule has 0 amide bonds. The van der Waals surface area contributed by atoms with Crippen LogP contribution < -0.4 is 4.90 Å². The van der Waals surface area contributed by atoms with Crippen molar-refractivity contribution < 1.29 is 0 Å². The van der Waals surface area contributed by atoms with Crippen molar-refractivity contribution in [3.05, 3.63) is 221 Å². The van der Waals surface area contributed by atoms with Crippen molar-refractivity contribution in [2.75, 3.05) is 4.90 Å². The first-order valence-corrected chi connectivity index (χ1v) is 18.7. The van der Waals surface area contributed by atoms with E-state index in [1.54, 1.807) is 0 Å². The SMILES string of the molecule is CC1(C)c2ccccc2-c2ccc(N(c3ccccc3)c3ccc4c(c3)C3(c5ccccc5-c5ccccc53)c3cccc(-c5ccccc5)c3-4)cc21. The number of benzene rings is 8. The molecule has 8 aromatic carbocycles. The molecule has 11 rings (SSSR count). The van der Waals surface area contributed by atoms with Gasteiger partial charge in [0.05, 0.1) is 5.41 Å². The van der Waals surface area contributed by atoms with E-state index in [1.165, 1.54) is 77.9 Å². The summed E-state index contributed by atoms with van der Waals surface area (Å²) in [6.45, 7) is 4.73. The molecule has 0 saturated carbocycles. The van der Waals surface area contributed by atoms with Crippen LogP contribution in [-0.4, -0.2) is 0 Å². The normalized spacial score (nSPS) is 14.5. The number of nitrogens with zero attached hydrogens (tertiary/aromatic N) is 1. The minimum atomic E-state index is -0.456. The summed E-state index contributed by atoms with van der Waals surface area (Å²) >= 11 is 0. The molecule has 8 aromatic rings. The molecular weight excluding hydrogens is 639 g/mol. The van der Waals surface area contributed by atoms with Crippen LogP contribution in [0.4, 0.5) is 17.1 Å². The molecule has 0 N–H and O–H groups in total. The van der Waals surface area contributed by atoms with Crippen LogP contribution in [0.25, 0.3) is 44.5 Å². The lowest BCUT2D eigenvalue weighted by atomic mass is 9.70. The molecule has 0 fully saturated rings. The van der Waals surface area contributed by atoms with E-state index < -0.39 is 5.41 Å². The highest BCUT2D eigenvalue weighted by Crippen LogP contribution is 2.64. The largest absolute Gasteiger partial charge is 0.310 e. The summed E-state index contributed by atoms with van der Waals surface area (Å²) in [5, 5.41) is 0.